The maximum atomic E-state index is 11.8. The number of nitrogens with two attached hydrogens (primary N) is 1. The summed E-state index contributed by atoms with van der Waals surface area (Å²) in [5.41, 5.74) is 6.27. The minimum atomic E-state index is -0.149. The molecule has 0 aliphatic carbocycles. The second-order valence-electron chi connectivity index (χ2n) is 4.30. The fourth-order valence-electron chi connectivity index (χ4n) is 1.99. The molecule has 0 bridgehead atoms. The number of ether oxygens (including phenoxy) is 3. The summed E-state index contributed by atoms with van der Waals surface area (Å²) >= 11 is 0. The summed E-state index contributed by atoms with van der Waals surface area (Å²) in [6.07, 6.45) is 1.66. The number of carbonyl (C=O) groups excluding carboxylic acids is 1. The standard InChI is InChI=1S/C15H22N2O4/c1-5-6-17(14(18)9-16)10-11-7-12(19-2)15(21-4)13(8-11)20-3/h5,7-8H,1,6,9-10,16H2,2-4H3. The van der Waals surface area contributed by atoms with Crippen molar-refractivity contribution in [2.24, 2.45) is 5.73 Å². The number of amides is 1. The van der Waals surface area contributed by atoms with Gasteiger partial charge in [-0.1, -0.05) is 6.08 Å². The maximum Gasteiger partial charge on any atom is 0.236 e. The first-order valence-electron chi connectivity index (χ1n) is 6.48. The summed E-state index contributed by atoms with van der Waals surface area (Å²) in [5, 5.41) is 0. The largest absolute Gasteiger partial charge is 0.493 e. The van der Waals surface area contributed by atoms with Gasteiger partial charge >= 0.3 is 0 Å². The van der Waals surface area contributed by atoms with Gasteiger partial charge < -0.3 is 24.8 Å². The second kappa shape index (κ2) is 8.16. The molecular weight excluding hydrogens is 272 g/mol. The molecule has 0 spiro atoms. The van der Waals surface area contributed by atoms with Crippen molar-refractivity contribution in [2.75, 3.05) is 34.4 Å². The van der Waals surface area contributed by atoms with Crippen LogP contribution < -0.4 is 19.9 Å². The Labute approximate surface area is 125 Å². The van der Waals surface area contributed by atoms with Crippen molar-refractivity contribution in [3.8, 4) is 17.2 Å². The van der Waals surface area contributed by atoms with E-state index in [9.17, 15) is 4.79 Å². The molecule has 0 aliphatic rings. The van der Waals surface area contributed by atoms with Crippen LogP contribution in [0.25, 0.3) is 0 Å². The Morgan fingerprint density at radius 2 is 1.81 bits per heavy atom. The Balaban J connectivity index is 3.11. The minimum absolute atomic E-state index is 0.0434. The first kappa shape index (κ1) is 16.8. The fraction of sp³-hybridized carbons (Fsp3) is 0.400. The van der Waals surface area contributed by atoms with Gasteiger partial charge in [-0.3, -0.25) is 4.79 Å². The van der Waals surface area contributed by atoms with Crippen molar-refractivity contribution in [1.29, 1.82) is 0 Å². The molecule has 0 saturated carbocycles. The van der Waals surface area contributed by atoms with Crippen LogP contribution in [-0.2, 0) is 11.3 Å². The molecule has 2 N–H and O–H groups in total. The minimum Gasteiger partial charge on any atom is -0.493 e. The highest BCUT2D eigenvalue weighted by molar-refractivity contribution is 5.78. The van der Waals surface area contributed by atoms with E-state index in [0.717, 1.165) is 5.56 Å². The number of hydrogen-bond donors (Lipinski definition) is 1. The molecule has 1 rings (SSSR count). The van der Waals surface area contributed by atoms with Crippen LogP contribution in [0.3, 0.4) is 0 Å². The van der Waals surface area contributed by atoms with Crippen molar-refractivity contribution in [3.05, 3.63) is 30.4 Å². The lowest BCUT2D eigenvalue weighted by Gasteiger charge is -2.22. The average molecular weight is 294 g/mol. The zero-order valence-corrected chi connectivity index (χ0v) is 12.7. The maximum absolute atomic E-state index is 11.8. The third kappa shape index (κ3) is 4.13. The Morgan fingerprint density at radius 1 is 1.24 bits per heavy atom. The lowest BCUT2D eigenvalue weighted by molar-refractivity contribution is -0.129. The van der Waals surface area contributed by atoms with Crippen molar-refractivity contribution in [3.63, 3.8) is 0 Å². The van der Waals surface area contributed by atoms with E-state index in [1.165, 1.54) is 0 Å². The molecule has 0 fully saturated rings. The fourth-order valence-corrected chi connectivity index (χ4v) is 1.99. The normalized spacial score (nSPS) is 9.90. The zero-order valence-electron chi connectivity index (χ0n) is 12.7. The molecule has 0 heterocycles. The smallest absolute Gasteiger partial charge is 0.236 e. The molecule has 1 amide bonds. The molecule has 21 heavy (non-hydrogen) atoms. The van der Waals surface area contributed by atoms with Crippen LogP contribution in [0.4, 0.5) is 0 Å². The Hall–Kier alpha value is -2.21. The Morgan fingerprint density at radius 3 is 2.19 bits per heavy atom. The molecule has 6 heteroatoms. The molecule has 6 nitrogen and oxygen atoms in total. The Kier molecular flexibility index (Phi) is 6.55. The number of methoxy groups -OCH3 is 3. The van der Waals surface area contributed by atoms with Crippen LogP contribution in [0.5, 0.6) is 17.2 Å². The summed E-state index contributed by atoms with van der Waals surface area (Å²) in [4.78, 5) is 13.4. The van der Waals surface area contributed by atoms with Crippen LogP contribution in [0.1, 0.15) is 5.56 Å². The van der Waals surface area contributed by atoms with Gasteiger partial charge in [-0.25, -0.2) is 0 Å². The van der Waals surface area contributed by atoms with Crippen molar-refractivity contribution in [2.45, 2.75) is 6.54 Å². The van der Waals surface area contributed by atoms with Gasteiger partial charge in [0.25, 0.3) is 0 Å². The summed E-state index contributed by atoms with van der Waals surface area (Å²) < 4.78 is 15.9. The van der Waals surface area contributed by atoms with Crippen molar-refractivity contribution < 1.29 is 19.0 Å². The molecule has 0 atom stereocenters. The molecule has 0 radical (unpaired) electrons. The van der Waals surface area contributed by atoms with Crippen molar-refractivity contribution in [1.82, 2.24) is 4.90 Å². The van der Waals surface area contributed by atoms with Crippen LogP contribution in [0.2, 0.25) is 0 Å². The van der Waals surface area contributed by atoms with Gasteiger partial charge in [0.1, 0.15) is 0 Å². The molecule has 0 unspecified atom stereocenters. The van der Waals surface area contributed by atoms with Crippen LogP contribution >= 0.6 is 0 Å². The first-order chi connectivity index (χ1) is 10.1. The summed E-state index contributed by atoms with van der Waals surface area (Å²) in [6.45, 7) is 4.42. The van der Waals surface area contributed by atoms with E-state index in [4.69, 9.17) is 19.9 Å². The molecule has 1 aromatic carbocycles. The van der Waals surface area contributed by atoms with E-state index in [-0.39, 0.29) is 12.5 Å². The number of benzene rings is 1. The van der Waals surface area contributed by atoms with E-state index in [1.807, 2.05) is 0 Å². The third-order valence-electron chi connectivity index (χ3n) is 2.97. The lowest BCUT2D eigenvalue weighted by atomic mass is 10.1. The molecule has 1 aromatic rings. The van der Waals surface area contributed by atoms with Gasteiger partial charge in [0.15, 0.2) is 11.5 Å². The predicted molar refractivity (Wildman–Crippen MR) is 80.8 cm³/mol. The summed E-state index contributed by atoms with van der Waals surface area (Å²) in [7, 11) is 4.64. The van der Waals surface area contributed by atoms with Crippen LogP contribution in [-0.4, -0.2) is 45.2 Å². The van der Waals surface area contributed by atoms with Crippen LogP contribution in [0, 0.1) is 0 Å². The Bertz CT molecular complexity index is 477. The van der Waals surface area contributed by atoms with Crippen LogP contribution in [0.15, 0.2) is 24.8 Å². The zero-order chi connectivity index (χ0) is 15.8. The molecule has 0 aromatic heterocycles. The highest BCUT2D eigenvalue weighted by Gasteiger charge is 2.16. The van der Waals surface area contributed by atoms with E-state index >= 15 is 0 Å². The second-order valence-corrected chi connectivity index (χ2v) is 4.30. The topological polar surface area (TPSA) is 74.0 Å². The van der Waals surface area contributed by atoms with E-state index in [1.54, 1.807) is 44.4 Å². The van der Waals surface area contributed by atoms with Gasteiger partial charge in [0.2, 0.25) is 11.7 Å². The molecular formula is C15H22N2O4. The quantitative estimate of drug-likeness (QED) is 0.729. The number of carbonyl (C=O) groups is 1. The number of nitrogens with zero attached hydrogens (tertiary/aromatic N) is 1. The number of hydrogen-bond acceptors (Lipinski definition) is 5. The predicted octanol–water partition coefficient (Wildman–Crippen LogP) is 1.19. The highest BCUT2D eigenvalue weighted by atomic mass is 16.5. The molecule has 0 saturated heterocycles. The first-order valence-corrected chi connectivity index (χ1v) is 6.48. The molecule has 0 aliphatic heterocycles. The summed E-state index contributed by atoms with van der Waals surface area (Å²) in [6, 6.07) is 3.61. The average Bonchev–Trinajstić information content (AvgIpc) is 2.52. The monoisotopic (exact) mass is 294 g/mol. The van der Waals surface area contributed by atoms with E-state index in [0.29, 0.717) is 30.3 Å². The summed E-state index contributed by atoms with van der Waals surface area (Å²) in [5.74, 6) is 1.46. The molecule has 116 valence electrons. The van der Waals surface area contributed by atoms with Gasteiger partial charge in [-0.15, -0.1) is 6.58 Å². The highest BCUT2D eigenvalue weighted by Crippen LogP contribution is 2.38. The van der Waals surface area contributed by atoms with Crippen molar-refractivity contribution >= 4 is 5.91 Å². The third-order valence-corrected chi connectivity index (χ3v) is 2.97. The van der Waals surface area contributed by atoms with Gasteiger partial charge in [-0.05, 0) is 17.7 Å². The van der Waals surface area contributed by atoms with Gasteiger partial charge in [-0.2, -0.15) is 0 Å². The van der Waals surface area contributed by atoms with Gasteiger partial charge in [0.05, 0.1) is 27.9 Å². The SMILES string of the molecule is C=CCN(Cc1cc(OC)c(OC)c(OC)c1)C(=O)CN. The van der Waals surface area contributed by atoms with E-state index in [2.05, 4.69) is 6.58 Å². The van der Waals surface area contributed by atoms with Gasteiger partial charge in [0, 0.05) is 13.1 Å². The lowest BCUT2D eigenvalue weighted by Crippen LogP contribution is -2.35. The van der Waals surface area contributed by atoms with E-state index < -0.39 is 0 Å². The number of rotatable bonds is 8.